The van der Waals surface area contributed by atoms with Gasteiger partial charge in [0.1, 0.15) is 5.84 Å². The van der Waals surface area contributed by atoms with Crippen LogP contribution in [0.25, 0.3) is 0 Å². The van der Waals surface area contributed by atoms with Crippen LogP contribution in [0.1, 0.15) is 39.5 Å². The van der Waals surface area contributed by atoms with Crippen LogP contribution in [0, 0.1) is 5.92 Å². The third-order valence-corrected chi connectivity index (χ3v) is 2.59. The van der Waals surface area contributed by atoms with Gasteiger partial charge in [-0.15, -0.1) is 0 Å². The normalized spacial score (nSPS) is 13.6. The molecule has 16 heavy (non-hydrogen) atoms. The lowest BCUT2D eigenvalue weighted by Crippen LogP contribution is -2.36. The highest BCUT2D eigenvalue weighted by Gasteiger charge is 2.14. The number of hydrogen-bond acceptors (Lipinski definition) is 3. The first-order valence-electron chi connectivity index (χ1n) is 5.74. The highest BCUT2D eigenvalue weighted by Crippen LogP contribution is 2.04. The van der Waals surface area contributed by atoms with E-state index in [1.54, 1.807) is 11.9 Å². The summed E-state index contributed by atoms with van der Waals surface area (Å²) in [7, 11) is 1.75. The number of carbonyl (C=O) groups excluding carboxylic acids is 1. The summed E-state index contributed by atoms with van der Waals surface area (Å²) in [5.41, 5.74) is 5.45. The second-order valence-electron chi connectivity index (χ2n) is 4.16. The molecule has 0 aliphatic rings. The molecule has 0 aromatic rings. The average molecular weight is 229 g/mol. The largest absolute Gasteiger partial charge is 0.409 e. The predicted octanol–water partition coefficient (Wildman–Crippen LogP) is 1.41. The van der Waals surface area contributed by atoms with E-state index < -0.39 is 0 Å². The van der Waals surface area contributed by atoms with E-state index in [2.05, 4.69) is 12.1 Å². The first-order valence-corrected chi connectivity index (χ1v) is 5.74. The lowest BCUT2D eigenvalue weighted by molar-refractivity contribution is -0.130. The monoisotopic (exact) mass is 229 g/mol. The predicted molar refractivity (Wildman–Crippen MR) is 64.4 cm³/mol. The fourth-order valence-electron chi connectivity index (χ4n) is 1.42. The van der Waals surface area contributed by atoms with Crippen molar-refractivity contribution >= 4 is 11.7 Å². The number of nitrogens with zero attached hydrogens (tertiary/aromatic N) is 2. The molecule has 0 rings (SSSR count). The van der Waals surface area contributed by atoms with Crippen LogP contribution >= 0.6 is 0 Å². The van der Waals surface area contributed by atoms with Gasteiger partial charge < -0.3 is 15.8 Å². The Labute approximate surface area is 97.3 Å². The Morgan fingerprint density at radius 3 is 2.62 bits per heavy atom. The van der Waals surface area contributed by atoms with Gasteiger partial charge in [-0.25, -0.2) is 0 Å². The second-order valence-corrected chi connectivity index (χ2v) is 4.16. The molecule has 0 spiro atoms. The van der Waals surface area contributed by atoms with E-state index in [9.17, 15) is 4.79 Å². The molecule has 1 amide bonds. The highest BCUT2D eigenvalue weighted by atomic mass is 16.4. The van der Waals surface area contributed by atoms with Gasteiger partial charge in [0.05, 0.1) is 0 Å². The van der Waals surface area contributed by atoms with Gasteiger partial charge in [-0.3, -0.25) is 4.79 Å². The van der Waals surface area contributed by atoms with E-state index in [1.807, 2.05) is 6.92 Å². The van der Waals surface area contributed by atoms with Crippen LogP contribution in [0.4, 0.5) is 0 Å². The van der Waals surface area contributed by atoms with Crippen LogP contribution in [-0.2, 0) is 4.79 Å². The lowest BCUT2D eigenvalue weighted by atomic mass is 10.1. The van der Waals surface area contributed by atoms with Gasteiger partial charge in [0.25, 0.3) is 0 Å². The Bertz CT molecular complexity index is 241. The standard InChI is InChI=1S/C11H23N3O2/c1-4-5-6-7-10(15)14(3)8-9(2)11(12)13-16/h9,16H,4-8H2,1-3H3,(H2,12,13). The lowest BCUT2D eigenvalue weighted by Gasteiger charge is -2.20. The Balaban J connectivity index is 3.95. The molecule has 0 heterocycles. The van der Waals surface area contributed by atoms with E-state index in [4.69, 9.17) is 10.9 Å². The molecule has 0 bridgehead atoms. The molecule has 0 saturated carbocycles. The Morgan fingerprint density at radius 2 is 2.12 bits per heavy atom. The quantitative estimate of drug-likeness (QED) is 0.228. The van der Waals surface area contributed by atoms with E-state index >= 15 is 0 Å². The minimum Gasteiger partial charge on any atom is -0.409 e. The molecule has 0 fully saturated rings. The molecule has 5 nitrogen and oxygen atoms in total. The maximum atomic E-state index is 11.6. The van der Waals surface area contributed by atoms with E-state index in [0.717, 1.165) is 19.3 Å². The molecular formula is C11H23N3O2. The van der Waals surface area contributed by atoms with Crippen LogP contribution in [0.15, 0.2) is 5.16 Å². The Hall–Kier alpha value is -1.26. The maximum Gasteiger partial charge on any atom is 0.222 e. The van der Waals surface area contributed by atoms with Crippen molar-refractivity contribution in [2.45, 2.75) is 39.5 Å². The number of nitrogens with two attached hydrogens (primary N) is 1. The minimum absolute atomic E-state index is 0.117. The zero-order chi connectivity index (χ0) is 12.6. The zero-order valence-electron chi connectivity index (χ0n) is 10.4. The molecule has 1 unspecified atom stereocenters. The van der Waals surface area contributed by atoms with Crippen molar-refractivity contribution in [3.8, 4) is 0 Å². The number of hydrogen-bond donors (Lipinski definition) is 2. The molecule has 3 N–H and O–H groups in total. The summed E-state index contributed by atoms with van der Waals surface area (Å²) < 4.78 is 0. The molecule has 0 aromatic heterocycles. The molecule has 1 atom stereocenters. The molecule has 94 valence electrons. The molecule has 0 aliphatic heterocycles. The molecular weight excluding hydrogens is 206 g/mol. The minimum atomic E-state index is -0.120. The average Bonchev–Trinajstić information content (AvgIpc) is 2.27. The van der Waals surface area contributed by atoms with Crippen LogP contribution in [0.3, 0.4) is 0 Å². The summed E-state index contributed by atoms with van der Waals surface area (Å²) in [6.45, 7) is 4.42. The maximum absolute atomic E-state index is 11.6. The van der Waals surface area contributed by atoms with Crippen LogP contribution in [0.5, 0.6) is 0 Å². The number of amidine groups is 1. The van der Waals surface area contributed by atoms with E-state index in [1.165, 1.54) is 0 Å². The van der Waals surface area contributed by atoms with Gasteiger partial charge in [-0.2, -0.15) is 0 Å². The van der Waals surface area contributed by atoms with Crippen molar-refractivity contribution in [3.63, 3.8) is 0 Å². The van der Waals surface area contributed by atoms with Crippen molar-refractivity contribution in [2.75, 3.05) is 13.6 Å². The van der Waals surface area contributed by atoms with Gasteiger partial charge >= 0.3 is 0 Å². The van der Waals surface area contributed by atoms with Crippen molar-refractivity contribution in [2.24, 2.45) is 16.8 Å². The van der Waals surface area contributed by atoms with Gasteiger partial charge in [0.2, 0.25) is 5.91 Å². The molecule has 0 radical (unpaired) electrons. The van der Waals surface area contributed by atoms with E-state index in [0.29, 0.717) is 13.0 Å². The van der Waals surface area contributed by atoms with Gasteiger partial charge in [-0.1, -0.05) is 31.8 Å². The summed E-state index contributed by atoms with van der Waals surface area (Å²) >= 11 is 0. The molecule has 0 aromatic carbocycles. The first kappa shape index (κ1) is 14.7. The highest BCUT2D eigenvalue weighted by molar-refractivity contribution is 5.83. The van der Waals surface area contributed by atoms with Crippen molar-refractivity contribution < 1.29 is 10.0 Å². The fraction of sp³-hybridized carbons (Fsp3) is 0.818. The number of oxime groups is 1. The SMILES string of the molecule is CCCCCC(=O)N(C)CC(C)C(N)=NO. The number of carbonyl (C=O) groups is 1. The molecule has 0 saturated heterocycles. The third-order valence-electron chi connectivity index (χ3n) is 2.59. The molecule has 5 heteroatoms. The summed E-state index contributed by atoms with van der Waals surface area (Å²) in [6, 6.07) is 0. The third kappa shape index (κ3) is 5.58. The van der Waals surface area contributed by atoms with Gasteiger partial charge in [-0.05, 0) is 6.42 Å². The summed E-state index contributed by atoms with van der Waals surface area (Å²) in [5.74, 6) is 0.157. The summed E-state index contributed by atoms with van der Waals surface area (Å²) in [4.78, 5) is 13.3. The zero-order valence-corrected chi connectivity index (χ0v) is 10.4. The smallest absolute Gasteiger partial charge is 0.222 e. The van der Waals surface area contributed by atoms with Crippen molar-refractivity contribution in [1.29, 1.82) is 0 Å². The van der Waals surface area contributed by atoms with Crippen molar-refractivity contribution in [1.82, 2.24) is 4.90 Å². The van der Waals surface area contributed by atoms with Crippen LogP contribution in [0.2, 0.25) is 0 Å². The summed E-state index contributed by atoms with van der Waals surface area (Å²) in [5, 5.41) is 11.4. The topological polar surface area (TPSA) is 78.9 Å². The van der Waals surface area contributed by atoms with Crippen LogP contribution < -0.4 is 5.73 Å². The van der Waals surface area contributed by atoms with Gasteiger partial charge in [0.15, 0.2) is 0 Å². The van der Waals surface area contributed by atoms with Crippen LogP contribution in [-0.4, -0.2) is 35.4 Å². The summed E-state index contributed by atoms with van der Waals surface area (Å²) in [6.07, 6.45) is 3.69. The first-order chi connectivity index (χ1) is 7.52. The fourth-order valence-corrected chi connectivity index (χ4v) is 1.42. The van der Waals surface area contributed by atoms with Crippen molar-refractivity contribution in [3.05, 3.63) is 0 Å². The van der Waals surface area contributed by atoms with Gasteiger partial charge in [0, 0.05) is 25.9 Å². The number of rotatable bonds is 7. The second kappa shape index (κ2) is 7.96. The Morgan fingerprint density at radius 1 is 1.50 bits per heavy atom. The Kier molecular flexibility index (Phi) is 7.33. The molecule has 0 aliphatic carbocycles. The number of amides is 1. The van der Waals surface area contributed by atoms with E-state index in [-0.39, 0.29) is 17.7 Å². The number of unbranched alkanes of at least 4 members (excludes halogenated alkanes) is 2.